The second-order valence-corrected chi connectivity index (χ2v) is 6.91. The van der Waals surface area contributed by atoms with Crippen molar-refractivity contribution in [1.82, 2.24) is 20.1 Å². The Balaban J connectivity index is 1.75. The first-order chi connectivity index (χ1) is 14.0. The Hall–Kier alpha value is -3.62. The first-order valence-corrected chi connectivity index (χ1v) is 9.31. The molecule has 1 aliphatic rings. The molecular weight excluding hydrogens is 372 g/mol. The highest BCUT2D eigenvalue weighted by molar-refractivity contribution is 6.03. The number of ether oxygens (including phenoxy) is 1. The molecule has 0 bridgehead atoms. The molecule has 29 heavy (non-hydrogen) atoms. The number of carbonyl (C=O) groups is 2. The molecule has 2 amide bonds. The van der Waals surface area contributed by atoms with Crippen molar-refractivity contribution in [1.29, 1.82) is 0 Å². The van der Waals surface area contributed by atoms with Gasteiger partial charge in [0.25, 0.3) is 5.91 Å². The van der Waals surface area contributed by atoms with E-state index in [9.17, 15) is 9.59 Å². The number of aryl methyl sites for hydroxylation is 1. The van der Waals surface area contributed by atoms with Gasteiger partial charge >= 0.3 is 0 Å². The fourth-order valence-corrected chi connectivity index (χ4v) is 3.18. The lowest BCUT2D eigenvalue weighted by Gasteiger charge is -2.12. The van der Waals surface area contributed by atoms with Gasteiger partial charge in [-0.3, -0.25) is 14.3 Å². The lowest BCUT2D eigenvalue weighted by Crippen LogP contribution is -2.20. The molecule has 9 nitrogen and oxygen atoms in total. The maximum Gasteiger partial charge on any atom is 0.254 e. The Morgan fingerprint density at radius 2 is 2.07 bits per heavy atom. The number of amides is 2. The number of methoxy groups -OCH3 is 1. The Morgan fingerprint density at radius 1 is 1.28 bits per heavy atom. The summed E-state index contributed by atoms with van der Waals surface area (Å²) < 4.78 is 7.22. The fourth-order valence-electron chi connectivity index (χ4n) is 3.18. The third-order valence-corrected chi connectivity index (χ3v) is 4.89. The number of benzene rings is 1. The smallest absolute Gasteiger partial charge is 0.254 e. The highest BCUT2D eigenvalue weighted by atomic mass is 16.5. The first kappa shape index (κ1) is 18.7. The summed E-state index contributed by atoms with van der Waals surface area (Å²) in [7, 11) is 4.98. The molecule has 0 aliphatic heterocycles. The van der Waals surface area contributed by atoms with E-state index in [-0.39, 0.29) is 17.7 Å². The van der Waals surface area contributed by atoms with E-state index < -0.39 is 0 Å². The molecule has 2 heterocycles. The predicted octanol–water partition coefficient (Wildman–Crippen LogP) is 2.43. The number of hydrogen-bond donors (Lipinski definition) is 3. The van der Waals surface area contributed by atoms with Gasteiger partial charge < -0.3 is 20.7 Å². The van der Waals surface area contributed by atoms with Crippen LogP contribution < -0.4 is 20.7 Å². The molecular formula is C20H22N6O3. The van der Waals surface area contributed by atoms with Gasteiger partial charge in [0.15, 0.2) is 5.82 Å². The Labute approximate surface area is 167 Å². The third-order valence-electron chi connectivity index (χ3n) is 4.89. The van der Waals surface area contributed by atoms with Gasteiger partial charge in [0, 0.05) is 32.3 Å². The van der Waals surface area contributed by atoms with Crippen LogP contribution in [0.2, 0.25) is 0 Å². The average molecular weight is 394 g/mol. The molecule has 0 radical (unpaired) electrons. The van der Waals surface area contributed by atoms with Crippen molar-refractivity contribution in [3.8, 4) is 5.75 Å². The second kappa shape index (κ2) is 7.42. The predicted molar refractivity (Wildman–Crippen MR) is 110 cm³/mol. The van der Waals surface area contributed by atoms with E-state index >= 15 is 0 Å². The molecule has 0 saturated heterocycles. The largest absolute Gasteiger partial charge is 0.496 e. The Bertz CT molecular complexity index is 1100. The highest BCUT2D eigenvalue weighted by Gasteiger charge is 2.30. The Kier molecular flexibility index (Phi) is 4.79. The topological polar surface area (TPSA) is 110 Å². The summed E-state index contributed by atoms with van der Waals surface area (Å²) in [5.41, 5.74) is 1.70. The lowest BCUT2D eigenvalue weighted by molar-refractivity contribution is -0.117. The van der Waals surface area contributed by atoms with Crippen molar-refractivity contribution in [3.63, 3.8) is 0 Å². The minimum atomic E-state index is -0.299. The molecule has 1 aromatic carbocycles. The molecule has 3 N–H and O–H groups in total. The van der Waals surface area contributed by atoms with Crippen molar-refractivity contribution < 1.29 is 14.3 Å². The van der Waals surface area contributed by atoms with E-state index in [2.05, 4.69) is 26.0 Å². The van der Waals surface area contributed by atoms with Crippen molar-refractivity contribution in [2.75, 3.05) is 24.8 Å². The molecule has 1 fully saturated rings. The number of pyridine rings is 1. The van der Waals surface area contributed by atoms with E-state index in [1.807, 2.05) is 25.2 Å². The molecule has 150 valence electrons. The van der Waals surface area contributed by atoms with Crippen molar-refractivity contribution in [2.45, 2.75) is 12.8 Å². The van der Waals surface area contributed by atoms with Crippen LogP contribution in [0.5, 0.6) is 5.75 Å². The summed E-state index contributed by atoms with van der Waals surface area (Å²) in [6.07, 6.45) is 3.23. The van der Waals surface area contributed by atoms with E-state index in [4.69, 9.17) is 4.74 Å². The number of hydrogen-bond acceptors (Lipinski definition) is 6. The van der Waals surface area contributed by atoms with Gasteiger partial charge in [-0.2, -0.15) is 5.10 Å². The average Bonchev–Trinajstić information content (AvgIpc) is 3.53. The summed E-state index contributed by atoms with van der Waals surface area (Å²) in [5.74, 6) is 1.28. The van der Waals surface area contributed by atoms with Gasteiger partial charge in [0.1, 0.15) is 11.6 Å². The summed E-state index contributed by atoms with van der Waals surface area (Å²) in [4.78, 5) is 28.7. The van der Waals surface area contributed by atoms with Gasteiger partial charge in [-0.05, 0) is 25.0 Å². The Morgan fingerprint density at radius 3 is 2.76 bits per heavy atom. The van der Waals surface area contributed by atoms with Crippen LogP contribution in [-0.2, 0) is 11.8 Å². The molecule has 1 aliphatic carbocycles. The van der Waals surface area contributed by atoms with Gasteiger partial charge in [-0.25, -0.2) is 4.98 Å². The molecule has 1 saturated carbocycles. The number of rotatable bonds is 6. The van der Waals surface area contributed by atoms with Crippen LogP contribution in [0.25, 0.3) is 10.9 Å². The number of nitrogens with one attached hydrogen (secondary N) is 3. The number of fused-ring (bicyclic) bond motifs is 1. The van der Waals surface area contributed by atoms with Crippen LogP contribution in [0.3, 0.4) is 0 Å². The van der Waals surface area contributed by atoms with Crippen molar-refractivity contribution in [2.24, 2.45) is 13.0 Å². The molecule has 4 rings (SSSR count). The molecule has 9 heteroatoms. The van der Waals surface area contributed by atoms with Crippen molar-refractivity contribution >= 4 is 40.0 Å². The van der Waals surface area contributed by atoms with E-state index in [1.54, 1.807) is 24.9 Å². The van der Waals surface area contributed by atoms with Gasteiger partial charge in [-0.15, -0.1) is 0 Å². The molecule has 0 atom stereocenters. The molecule has 0 unspecified atom stereocenters. The maximum absolute atomic E-state index is 12.3. The summed E-state index contributed by atoms with van der Waals surface area (Å²) in [6.45, 7) is 0. The van der Waals surface area contributed by atoms with Gasteiger partial charge in [0.05, 0.1) is 29.3 Å². The quantitative estimate of drug-likeness (QED) is 0.592. The van der Waals surface area contributed by atoms with Crippen LogP contribution in [0.15, 0.2) is 30.5 Å². The van der Waals surface area contributed by atoms with Crippen LogP contribution in [0, 0.1) is 5.92 Å². The zero-order chi connectivity index (χ0) is 20.5. The summed E-state index contributed by atoms with van der Waals surface area (Å²) >= 11 is 0. The zero-order valence-corrected chi connectivity index (χ0v) is 16.4. The van der Waals surface area contributed by atoms with E-state index in [1.165, 1.54) is 6.20 Å². The van der Waals surface area contributed by atoms with Crippen LogP contribution in [0.4, 0.5) is 17.3 Å². The maximum atomic E-state index is 12.3. The summed E-state index contributed by atoms with van der Waals surface area (Å²) in [6, 6.07) is 7.31. The van der Waals surface area contributed by atoms with E-state index in [0.717, 1.165) is 23.7 Å². The second-order valence-electron chi connectivity index (χ2n) is 6.91. The molecule has 3 aromatic rings. The molecule has 0 spiro atoms. The third kappa shape index (κ3) is 3.58. The SMILES string of the molecule is CNC(=O)c1cnc(NC(=O)C2CC2)cc1Nc1nn(C)c2cccc(OC)c12. The number of carbonyl (C=O) groups excluding carboxylic acids is 2. The lowest BCUT2D eigenvalue weighted by atomic mass is 10.2. The fraction of sp³-hybridized carbons (Fsp3) is 0.300. The van der Waals surface area contributed by atoms with Crippen molar-refractivity contribution in [3.05, 3.63) is 36.0 Å². The van der Waals surface area contributed by atoms with E-state index in [0.29, 0.717) is 28.6 Å². The summed E-state index contributed by atoms with van der Waals surface area (Å²) in [5, 5.41) is 14.0. The van der Waals surface area contributed by atoms with Crippen LogP contribution >= 0.6 is 0 Å². The number of anilines is 3. The number of aromatic nitrogens is 3. The van der Waals surface area contributed by atoms with Crippen LogP contribution in [0.1, 0.15) is 23.2 Å². The molecule has 2 aromatic heterocycles. The standard InChI is InChI=1S/C20H22N6O3/c1-21-20(28)12-10-22-16(24-19(27)11-7-8-11)9-13(12)23-18-17-14(26(2)25-18)5-4-6-15(17)29-3/h4-6,9-11H,7-8H2,1-3H3,(H,21,28)(H2,22,23,24,25,27). The van der Waals surface area contributed by atoms with Crippen LogP contribution in [-0.4, -0.2) is 40.7 Å². The minimum absolute atomic E-state index is 0.0517. The normalized spacial score (nSPS) is 13.2. The minimum Gasteiger partial charge on any atom is -0.496 e. The zero-order valence-electron chi connectivity index (χ0n) is 16.4. The van der Waals surface area contributed by atoms with Gasteiger partial charge in [0.2, 0.25) is 5.91 Å². The van der Waals surface area contributed by atoms with Gasteiger partial charge in [-0.1, -0.05) is 6.07 Å². The highest BCUT2D eigenvalue weighted by Crippen LogP contribution is 2.35. The number of nitrogens with zero attached hydrogens (tertiary/aromatic N) is 3. The monoisotopic (exact) mass is 394 g/mol. The first-order valence-electron chi connectivity index (χ1n) is 9.31.